The number of nitrogens with zero attached hydrogens (tertiary/aromatic N) is 2. The maximum absolute atomic E-state index is 12.6. The number of halogens is 2. The van der Waals surface area contributed by atoms with E-state index in [1.54, 1.807) is 6.07 Å². The van der Waals surface area contributed by atoms with E-state index in [1.807, 2.05) is 29.3 Å². The van der Waals surface area contributed by atoms with Gasteiger partial charge in [-0.3, -0.25) is 4.79 Å². The van der Waals surface area contributed by atoms with Gasteiger partial charge in [-0.2, -0.15) is 0 Å². The van der Waals surface area contributed by atoms with Crippen LogP contribution in [0, 0.1) is 0 Å². The lowest BCUT2D eigenvalue weighted by molar-refractivity contribution is 0.0680. The number of piperidine rings is 1. The molecule has 1 aromatic carbocycles. The van der Waals surface area contributed by atoms with Gasteiger partial charge in [0.25, 0.3) is 5.91 Å². The van der Waals surface area contributed by atoms with Crippen LogP contribution >= 0.6 is 46.3 Å². The molecule has 1 aromatic heterocycles. The van der Waals surface area contributed by atoms with E-state index in [2.05, 4.69) is 4.98 Å². The molecule has 0 aliphatic carbocycles. The molecule has 0 atom stereocenters. The van der Waals surface area contributed by atoms with Gasteiger partial charge in [0.2, 0.25) is 0 Å². The quantitative estimate of drug-likeness (QED) is 0.818. The van der Waals surface area contributed by atoms with Crippen molar-refractivity contribution in [2.24, 2.45) is 5.73 Å². The summed E-state index contributed by atoms with van der Waals surface area (Å²) < 4.78 is 0. The van der Waals surface area contributed by atoms with Crippen molar-refractivity contribution in [3.8, 4) is 0 Å². The fraction of sp³-hybridized carbons (Fsp3) is 0.375. The second kappa shape index (κ2) is 7.22. The summed E-state index contributed by atoms with van der Waals surface area (Å²) in [5.41, 5.74) is 5.94. The zero-order valence-corrected chi connectivity index (χ0v) is 16.2. The fourth-order valence-electron chi connectivity index (χ4n) is 2.44. The number of nitrogens with two attached hydrogens (primary N) is 1. The first-order chi connectivity index (χ1) is 11.4. The van der Waals surface area contributed by atoms with E-state index in [-0.39, 0.29) is 11.4 Å². The molecule has 1 amide bonds. The highest BCUT2D eigenvalue weighted by atomic mass is 35.5. The molecule has 1 aliphatic rings. The summed E-state index contributed by atoms with van der Waals surface area (Å²) in [6, 6.07) is 5.46. The number of thiazole rings is 1. The molecule has 4 nitrogen and oxygen atoms in total. The van der Waals surface area contributed by atoms with Crippen LogP contribution < -0.4 is 5.73 Å². The molecule has 24 heavy (non-hydrogen) atoms. The molecule has 2 aromatic rings. The number of amides is 1. The van der Waals surface area contributed by atoms with Crippen molar-refractivity contribution >= 4 is 52.2 Å². The zero-order valence-electron chi connectivity index (χ0n) is 13.1. The van der Waals surface area contributed by atoms with E-state index in [0.717, 1.165) is 22.8 Å². The molecule has 2 N–H and O–H groups in total. The number of likely N-dealkylation sites (tertiary alicyclic amines) is 1. The molecule has 1 saturated heterocycles. The Kier molecular flexibility index (Phi) is 5.42. The Morgan fingerprint density at radius 1 is 1.38 bits per heavy atom. The molecule has 128 valence electrons. The van der Waals surface area contributed by atoms with Gasteiger partial charge in [0, 0.05) is 28.9 Å². The number of rotatable bonds is 3. The molecule has 0 unspecified atom stereocenters. The van der Waals surface area contributed by atoms with E-state index in [0.29, 0.717) is 28.1 Å². The molecular weight excluding hydrogens is 385 g/mol. The second-order valence-corrected chi connectivity index (χ2v) is 8.80. The number of carbonyl (C=O) groups is 1. The van der Waals surface area contributed by atoms with Crippen LogP contribution in [0.2, 0.25) is 10.0 Å². The van der Waals surface area contributed by atoms with Gasteiger partial charge >= 0.3 is 0 Å². The number of carbonyl (C=O) groups excluding carboxylic acids is 1. The Labute approximate surface area is 159 Å². The topological polar surface area (TPSA) is 59.2 Å². The van der Waals surface area contributed by atoms with Crippen molar-refractivity contribution in [1.29, 1.82) is 0 Å². The summed E-state index contributed by atoms with van der Waals surface area (Å²) in [6.45, 7) is 3.38. The van der Waals surface area contributed by atoms with Crippen LogP contribution in [0.3, 0.4) is 0 Å². The normalized spacial score (nSPS) is 17.1. The van der Waals surface area contributed by atoms with Crippen LogP contribution in [0.5, 0.6) is 0 Å². The maximum atomic E-state index is 12.6. The Hall–Kier alpha value is -0.790. The molecule has 1 fully saturated rings. The number of hydrogen-bond acceptors (Lipinski definition) is 5. The lowest BCUT2D eigenvalue weighted by Gasteiger charge is -2.36. The first kappa shape index (κ1) is 18.0. The Bertz CT molecular complexity index is 754. The van der Waals surface area contributed by atoms with E-state index < -0.39 is 0 Å². The predicted octanol–water partition coefficient (Wildman–Crippen LogP) is 4.55. The van der Waals surface area contributed by atoms with Crippen molar-refractivity contribution in [1.82, 2.24) is 9.88 Å². The molecule has 0 radical (unpaired) electrons. The summed E-state index contributed by atoms with van der Waals surface area (Å²) in [6.07, 6.45) is 1.62. The van der Waals surface area contributed by atoms with Crippen LogP contribution in [-0.4, -0.2) is 34.4 Å². The SMILES string of the molecule is CC1(N)CCN(C(=O)c2nc(Sc3cccc(Cl)c3Cl)cs2)CC1. The van der Waals surface area contributed by atoms with E-state index in [9.17, 15) is 4.79 Å². The molecule has 8 heteroatoms. The largest absolute Gasteiger partial charge is 0.336 e. The third-order valence-corrected chi connectivity index (χ3v) is 6.88. The van der Waals surface area contributed by atoms with Crippen LogP contribution in [0.15, 0.2) is 33.5 Å². The monoisotopic (exact) mass is 401 g/mol. The van der Waals surface area contributed by atoms with Gasteiger partial charge in [-0.25, -0.2) is 4.98 Å². The third kappa shape index (κ3) is 4.06. The third-order valence-electron chi connectivity index (χ3n) is 3.99. The van der Waals surface area contributed by atoms with Gasteiger partial charge in [-0.1, -0.05) is 41.0 Å². The minimum absolute atomic E-state index is 0.0282. The van der Waals surface area contributed by atoms with E-state index in [1.165, 1.54) is 23.1 Å². The minimum atomic E-state index is -0.177. The number of benzene rings is 1. The Morgan fingerprint density at radius 3 is 2.79 bits per heavy atom. The first-order valence-electron chi connectivity index (χ1n) is 7.51. The molecule has 2 heterocycles. The standard InChI is InChI=1S/C16H17Cl2N3OS2/c1-16(19)5-7-21(8-6-16)15(22)14-20-12(9-23-14)24-11-4-2-3-10(17)13(11)18/h2-4,9H,5-8,19H2,1H3. The Balaban J connectivity index is 1.69. The zero-order chi connectivity index (χ0) is 17.3. The summed E-state index contributed by atoms with van der Waals surface area (Å²) >= 11 is 15.0. The van der Waals surface area contributed by atoms with Crippen molar-refractivity contribution < 1.29 is 4.79 Å². The molecule has 0 saturated carbocycles. The molecule has 3 rings (SSSR count). The van der Waals surface area contributed by atoms with Gasteiger partial charge in [-0.05, 0) is 31.9 Å². The molecule has 0 bridgehead atoms. The second-order valence-electron chi connectivity index (χ2n) is 6.09. The maximum Gasteiger partial charge on any atom is 0.282 e. The van der Waals surface area contributed by atoms with Gasteiger partial charge in [-0.15, -0.1) is 11.3 Å². The van der Waals surface area contributed by atoms with E-state index in [4.69, 9.17) is 28.9 Å². The van der Waals surface area contributed by atoms with Crippen molar-refractivity contribution in [3.05, 3.63) is 38.6 Å². The summed E-state index contributed by atoms with van der Waals surface area (Å²) in [5, 5.41) is 4.12. The first-order valence-corrected chi connectivity index (χ1v) is 9.96. The highest BCUT2D eigenvalue weighted by Crippen LogP contribution is 2.37. The van der Waals surface area contributed by atoms with Gasteiger partial charge < -0.3 is 10.6 Å². The average molecular weight is 402 g/mol. The van der Waals surface area contributed by atoms with Crippen molar-refractivity contribution in [3.63, 3.8) is 0 Å². The smallest absolute Gasteiger partial charge is 0.282 e. The minimum Gasteiger partial charge on any atom is -0.336 e. The molecular formula is C16H17Cl2N3OS2. The van der Waals surface area contributed by atoms with Crippen molar-refractivity contribution in [2.45, 2.75) is 35.2 Å². The van der Waals surface area contributed by atoms with Gasteiger partial charge in [0.15, 0.2) is 5.01 Å². The Morgan fingerprint density at radius 2 is 2.08 bits per heavy atom. The van der Waals surface area contributed by atoms with Gasteiger partial charge in [0.1, 0.15) is 5.03 Å². The molecule has 0 spiro atoms. The van der Waals surface area contributed by atoms with Gasteiger partial charge in [0.05, 0.1) is 10.0 Å². The lowest BCUT2D eigenvalue weighted by Crippen LogP contribution is -2.49. The summed E-state index contributed by atoms with van der Waals surface area (Å²) in [7, 11) is 0. The van der Waals surface area contributed by atoms with Crippen molar-refractivity contribution in [2.75, 3.05) is 13.1 Å². The van der Waals surface area contributed by atoms with E-state index >= 15 is 0 Å². The van der Waals surface area contributed by atoms with Crippen LogP contribution in [0.1, 0.15) is 29.6 Å². The summed E-state index contributed by atoms with van der Waals surface area (Å²) in [4.78, 5) is 19.7. The van der Waals surface area contributed by atoms with Crippen LogP contribution in [-0.2, 0) is 0 Å². The number of aromatic nitrogens is 1. The summed E-state index contributed by atoms with van der Waals surface area (Å²) in [5.74, 6) is -0.0282. The lowest BCUT2D eigenvalue weighted by atomic mass is 9.91. The average Bonchev–Trinajstić information content (AvgIpc) is 3.00. The van der Waals surface area contributed by atoms with Crippen LogP contribution in [0.4, 0.5) is 0 Å². The highest BCUT2D eigenvalue weighted by Gasteiger charge is 2.29. The fourth-order valence-corrected chi connectivity index (χ4v) is 4.66. The highest BCUT2D eigenvalue weighted by molar-refractivity contribution is 7.99. The number of hydrogen-bond donors (Lipinski definition) is 1. The van der Waals surface area contributed by atoms with Crippen LogP contribution in [0.25, 0.3) is 0 Å². The predicted molar refractivity (Wildman–Crippen MR) is 100 cm³/mol. The molecule has 1 aliphatic heterocycles.